The normalized spacial score (nSPS) is 12.6. The third-order valence-corrected chi connectivity index (χ3v) is 3.40. The molecule has 0 aliphatic rings. The van der Waals surface area contributed by atoms with Gasteiger partial charge in [0.2, 0.25) is 0 Å². The summed E-state index contributed by atoms with van der Waals surface area (Å²) < 4.78 is 59.2. The molecular formula is C21H33ClF6FeN9P. The van der Waals surface area contributed by atoms with Gasteiger partial charge in [0.05, 0.1) is 17.1 Å². The van der Waals surface area contributed by atoms with Crippen LogP contribution in [0.4, 0.5) is 25.2 Å². The van der Waals surface area contributed by atoms with Crippen LogP contribution in [-0.2, 0) is 17.1 Å². The van der Waals surface area contributed by atoms with Crippen LogP contribution in [0.2, 0.25) is 0 Å². The molecule has 0 saturated carbocycles. The van der Waals surface area contributed by atoms with E-state index in [4.69, 9.17) is 0 Å². The van der Waals surface area contributed by atoms with Crippen molar-refractivity contribution in [3.8, 4) is 0 Å². The molecule has 224 valence electrons. The summed E-state index contributed by atoms with van der Waals surface area (Å²) in [6.07, 6.45) is 10.8. The second kappa shape index (κ2) is 17.9. The summed E-state index contributed by atoms with van der Waals surface area (Å²) >= 11 is 0. The first-order valence-corrected chi connectivity index (χ1v) is 13.1. The molecule has 0 saturated heterocycles. The summed E-state index contributed by atoms with van der Waals surface area (Å²) in [6, 6.07) is 0. The standard InChI is InChI=1S/3C7H11N3.ClH.F6P.Fe/c3*1-3-8-4-7-5-9-6(2)10-7;;1-7(2,3,4,5)6;/h3*4-5H,3H2,1-2H3,(H,9,10);1H;;/q;;;;-1;+2/p-1. The van der Waals surface area contributed by atoms with Crippen molar-refractivity contribution in [3.63, 3.8) is 0 Å². The number of halogens is 7. The largest absolute Gasteiger partial charge is 2.00 e. The minimum absolute atomic E-state index is 0. The number of nitrogens with one attached hydrogen (secondary N) is 3. The second-order valence-corrected chi connectivity index (χ2v) is 8.99. The Morgan fingerprint density at radius 3 is 0.949 bits per heavy atom. The average molecular weight is 648 g/mol. The maximum atomic E-state index is 9.87. The van der Waals surface area contributed by atoms with Crippen LogP contribution in [0.15, 0.2) is 33.6 Å². The number of aromatic nitrogens is 6. The SMILES string of the molecule is CCN=Cc1c[nH]c(C)n1.CCN=Cc1c[nH]c(C)n1.CCN=Cc1c[nH]c(C)n1.F[P-](F)(F)(F)(F)F.[Cl-].[Fe+2]. The van der Waals surface area contributed by atoms with Crippen LogP contribution >= 0.6 is 7.81 Å². The molecule has 0 bridgehead atoms. The summed E-state index contributed by atoms with van der Waals surface area (Å²) in [7, 11) is -10.7. The van der Waals surface area contributed by atoms with Crippen LogP contribution in [0.3, 0.4) is 0 Å². The van der Waals surface area contributed by atoms with Crippen LogP contribution in [0.1, 0.15) is 55.3 Å². The van der Waals surface area contributed by atoms with Crippen LogP contribution in [-0.4, -0.2) is 68.2 Å². The molecule has 0 aliphatic carbocycles. The van der Waals surface area contributed by atoms with Gasteiger partial charge in [-0.25, -0.2) is 15.0 Å². The van der Waals surface area contributed by atoms with Crippen molar-refractivity contribution in [3.05, 3.63) is 53.1 Å². The molecule has 3 N–H and O–H groups in total. The van der Waals surface area contributed by atoms with Crippen molar-refractivity contribution in [2.24, 2.45) is 15.0 Å². The van der Waals surface area contributed by atoms with Crippen molar-refractivity contribution in [1.82, 2.24) is 29.9 Å². The van der Waals surface area contributed by atoms with Crippen LogP contribution < -0.4 is 12.4 Å². The average Bonchev–Trinajstić information content (AvgIpc) is 3.49. The minimum atomic E-state index is -10.7. The Labute approximate surface area is 240 Å². The Morgan fingerprint density at radius 1 is 0.615 bits per heavy atom. The van der Waals surface area contributed by atoms with Crippen molar-refractivity contribution < 1.29 is 54.7 Å². The van der Waals surface area contributed by atoms with E-state index in [9.17, 15) is 25.2 Å². The first-order valence-electron chi connectivity index (χ1n) is 11.0. The van der Waals surface area contributed by atoms with E-state index in [0.717, 1.165) is 54.2 Å². The molecule has 18 heteroatoms. The summed E-state index contributed by atoms with van der Waals surface area (Å²) in [6.45, 7) is 14.2. The van der Waals surface area contributed by atoms with Crippen molar-refractivity contribution in [1.29, 1.82) is 0 Å². The number of H-pyrrole nitrogens is 3. The first kappa shape index (κ1) is 40.9. The number of aliphatic imine (C=N–C) groups is 3. The van der Waals surface area contributed by atoms with Crippen molar-refractivity contribution in [2.75, 3.05) is 19.6 Å². The molecule has 3 heterocycles. The van der Waals surface area contributed by atoms with Gasteiger partial charge in [0, 0.05) is 56.9 Å². The Balaban J connectivity index is -0.000000440. The molecule has 0 aromatic carbocycles. The van der Waals surface area contributed by atoms with Gasteiger partial charge in [-0.2, -0.15) is 0 Å². The number of nitrogens with zero attached hydrogens (tertiary/aromatic N) is 6. The van der Waals surface area contributed by atoms with Gasteiger partial charge in [-0.1, -0.05) is 0 Å². The minimum Gasteiger partial charge on any atom is -1.00 e. The molecule has 0 unspecified atom stereocenters. The topological polar surface area (TPSA) is 123 Å². The molecule has 0 spiro atoms. The maximum Gasteiger partial charge on any atom is 2.00 e. The molecule has 3 rings (SSSR count). The third-order valence-electron chi connectivity index (χ3n) is 3.40. The summed E-state index contributed by atoms with van der Waals surface area (Å²) in [5.74, 6) is 2.78. The number of hydrogen-bond acceptors (Lipinski definition) is 6. The fraction of sp³-hybridized carbons (Fsp3) is 0.429. The Hall–Kier alpha value is -2.54. The molecule has 0 fully saturated rings. The van der Waals surface area contributed by atoms with E-state index in [-0.39, 0.29) is 29.5 Å². The van der Waals surface area contributed by atoms with E-state index in [1.54, 1.807) is 18.6 Å². The monoisotopic (exact) mass is 647 g/mol. The van der Waals surface area contributed by atoms with Crippen molar-refractivity contribution in [2.45, 2.75) is 41.5 Å². The van der Waals surface area contributed by atoms with Gasteiger partial charge in [0.1, 0.15) is 17.5 Å². The van der Waals surface area contributed by atoms with E-state index in [1.807, 2.05) is 60.1 Å². The predicted octanol–water partition coefficient (Wildman–Crippen LogP) is 3.85. The van der Waals surface area contributed by atoms with Gasteiger partial charge >= 0.3 is 50.1 Å². The zero-order valence-corrected chi connectivity index (χ0v) is 25.0. The van der Waals surface area contributed by atoms with E-state index in [1.165, 1.54) is 0 Å². The van der Waals surface area contributed by atoms with Gasteiger partial charge in [0.25, 0.3) is 0 Å². The fourth-order valence-corrected chi connectivity index (χ4v) is 2.06. The van der Waals surface area contributed by atoms with Gasteiger partial charge < -0.3 is 27.4 Å². The number of aromatic amines is 3. The zero-order valence-electron chi connectivity index (χ0n) is 22.2. The summed E-state index contributed by atoms with van der Waals surface area (Å²) in [5.41, 5.74) is 2.71. The number of aryl methyl sites for hydroxylation is 3. The van der Waals surface area contributed by atoms with E-state index >= 15 is 0 Å². The van der Waals surface area contributed by atoms with Crippen molar-refractivity contribution >= 4 is 26.5 Å². The first-order chi connectivity index (χ1) is 16.9. The smallest absolute Gasteiger partial charge is 1.00 e. The van der Waals surface area contributed by atoms with E-state index < -0.39 is 7.81 Å². The molecular weight excluding hydrogens is 615 g/mol. The third kappa shape index (κ3) is 29.9. The Morgan fingerprint density at radius 2 is 0.821 bits per heavy atom. The van der Waals surface area contributed by atoms with E-state index in [2.05, 4.69) is 44.9 Å². The van der Waals surface area contributed by atoms with Gasteiger partial charge in [-0.05, 0) is 41.5 Å². The molecule has 39 heavy (non-hydrogen) atoms. The number of rotatable bonds is 6. The molecule has 3 aromatic heterocycles. The van der Waals surface area contributed by atoms with Gasteiger partial charge in [0.15, 0.2) is 0 Å². The van der Waals surface area contributed by atoms with Crippen LogP contribution in [0.25, 0.3) is 0 Å². The molecule has 0 amide bonds. The summed E-state index contributed by atoms with van der Waals surface area (Å²) in [5, 5.41) is 0. The Kier molecular flexibility index (Phi) is 18.8. The molecule has 9 nitrogen and oxygen atoms in total. The quantitative estimate of drug-likeness (QED) is 0.163. The van der Waals surface area contributed by atoms with Gasteiger partial charge in [-0.15, -0.1) is 0 Å². The molecule has 0 aliphatic heterocycles. The zero-order chi connectivity index (χ0) is 28.6. The van der Waals surface area contributed by atoms with Gasteiger partial charge in [-0.3, -0.25) is 15.0 Å². The predicted molar refractivity (Wildman–Crippen MR) is 138 cm³/mol. The van der Waals surface area contributed by atoms with E-state index in [0.29, 0.717) is 0 Å². The van der Waals surface area contributed by atoms with Crippen LogP contribution in [0, 0.1) is 20.8 Å². The number of hydrogen-bond donors (Lipinski definition) is 3. The molecule has 0 atom stereocenters. The Bertz CT molecular complexity index is 1010. The molecule has 3 aromatic rings. The molecule has 0 radical (unpaired) electrons. The van der Waals surface area contributed by atoms with Crippen LogP contribution in [0.5, 0.6) is 0 Å². The number of imidazole rings is 3. The second-order valence-electron chi connectivity index (χ2n) is 7.07. The maximum absolute atomic E-state index is 10.7. The fourth-order valence-electron chi connectivity index (χ4n) is 2.06. The summed E-state index contributed by atoms with van der Waals surface area (Å²) in [4.78, 5) is 33.5.